The van der Waals surface area contributed by atoms with Crippen molar-refractivity contribution >= 4 is 11.6 Å². The first-order valence-corrected chi connectivity index (χ1v) is 10.4. The van der Waals surface area contributed by atoms with Crippen LogP contribution in [0.15, 0.2) is 77.9 Å². The molecule has 3 aromatic rings. The molecule has 0 bridgehead atoms. The van der Waals surface area contributed by atoms with E-state index in [9.17, 15) is 4.39 Å². The van der Waals surface area contributed by atoms with E-state index in [1.54, 1.807) is 25.4 Å². The average molecular weight is 420 g/mol. The first-order chi connectivity index (χ1) is 15.2. The number of aliphatic imine (C=N–C) groups is 1. The Kier molecular flexibility index (Phi) is 6.62. The van der Waals surface area contributed by atoms with E-state index in [-0.39, 0.29) is 5.82 Å². The number of halogens is 1. The summed E-state index contributed by atoms with van der Waals surface area (Å²) >= 11 is 0. The van der Waals surface area contributed by atoms with E-state index >= 15 is 0 Å². The minimum atomic E-state index is -0.348. The van der Waals surface area contributed by atoms with E-state index in [0.29, 0.717) is 24.2 Å². The number of para-hydroxylation sites is 1. The van der Waals surface area contributed by atoms with Gasteiger partial charge in [0, 0.05) is 56.2 Å². The Bertz CT molecular complexity index is 1030. The number of ether oxygens (including phenoxy) is 1. The molecular formula is C24H26FN5O. The molecular weight excluding hydrogens is 393 g/mol. The Morgan fingerprint density at radius 3 is 2.84 bits per heavy atom. The summed E-state index contributed by atoms with van der Waals surface area (Å²) in [6.45, 7) is 2.41. The molecule has 1 aliphatic rings. The van der Waals surface area contributed by atoms with Crippen LogP contribution in [0.2, 0.25) is 0 Å². The van der Waals surface area contributed by atoms with E-state index in [1.165, 1.54) is 17.8 Å². The molecule has 0 radical (unpaired) electrons. The number of guanidine groups is 1. The van der Waals surface area contributed by atoms with Crippen molar-refractivity contribution in [2.45, 2.75) is 19.0 Å². The SMILES string of the molecule is CN=C(NCc1cccnc1Oc1cccc(F)c1)NC1CCN(c2ccccc2)C1. The molecule has 0 amide bonds. The molecule has 160 valence electrons. The van der Waals surface area contributed by atoms with E-state index in [4.69, 9.17) is 4.74 Å². The van der Waals surface area contributed by atoms with Crippen molar-refractivity contribution in [2.24, 2.45) is 4.99 Å². The minimum absolute atomic E-state index is 0.309. The topological polar surface area (TPSA) is 61.8 Å². The van der Waals surface area contributed by atoms with Crippen LogP contribution in [0.5, 0.6) is 11.6 Å². The average Bonchev–Trinajstić information content (AvgIpc) is 3.27. The number of anilines is 1. The Hall–Kier alpha value is -3.61. The summed E-state index contributed by atoms with van der Waals surface area (Å²) in [5.74, 6) is 1.22. The molecule has 2 N–H and O–H groups in total. The lowest BCUT2D eigenvalue weighted by Gasteiger charge is -2.20. The monoisotopic (exact) mass is 419 g/mol. The molecule has 1 unspecified atom stereocenters. The van der Waals surface area contributed by atoms with Gasteiger partial charge in [0.25, 0.3) is 0 Å². The highest BCUT2D eigenvalue weighted by Gasteiger charge is 2.23. The summed E-state index contributed by atoms with van der Waals surface area (Å²) in [5, 5.41) is 6.83. The third-order valence-electron chi connectivity index (χ3n) is 5.18. The van der Waals surface area contributed by atoms with Crippen molar-refractivity contribution in [1.82, 2.24) is 15.6 Å². The second-order valence-electron chi connectivity index (χ2n) is 7.36. The molecule has 1 fully saturated rings. The second kappa shape index (κ2) is 9.93. The predicted octanol–water partition coefficient (Wildman–Crippen LogP) is 3.96. The van der Waals surface area contributed by atoms with Crippen LogP contribution in [0, 0.1) is 5.82 Å². The lowest BCUT2D eigenvalue weighted by molar-refractivity contribution is 0.450. The maximum atomic E-state index is 13.5. The van der Waals surface area contributed by atoms with Crippen molar-refractivity contribution < 1.29 is 9.13 Å². The van der Waals surface area contributed by atoms with Gasteiger partial charge in [0.1, 0.15) is 11.6 Å². The van der Waals surface area contributed by atoms with Gasteiger partial charge in [-0.3, -0.25) is 4.99 Å². The van der Waals surface area contributed by atoms with Gasteiger partial charge < -0.3 is 20.3 Å². The fourth-order valence-electron chi connectivity index (χ4n) is 3.61. The Balaban J connectivity index is 1.34. The van der Waals surface area contributed by atoms with Crippen LogP contribution in [-0.4, -0.2) is 37.1 Å². The first-order valence-electron chi connectivity index (χ1n) is 10.4. The molecule has 0 saturated carbocycles. The third-order valence-corrected chi connectivity index (χ3v) is 5.18. The van der Waals surface area contributed by atoms with Crippen molar-refractivity contribution in [2.75, 3.05) is 25.0 Å². The van der Waals surface area contributed by atoms with Crippen LogP contribution < -0.4 is 20.3 Å². The van der Waals surface area contributed by atoms with Gasteiger partial charge in [0.15, 0.2) is 5.96 Å². The van der Waals surface area contributed by atoms with Crippen molar-refractivity contribution in [1.29, 1.82) is 0 Å². The lowest BCUT2D eigenvalue weighted by atomic mass is 10.2. The van der Waals surface area contributed by atoms with Gasteiger partial charge in [0.2, 0.25) is 5.88 Å². The zero-order valence-corrected chi connectivity index (χ0v) is 17.5. The summed E-state index contributed by atoms with van der Waals surface area (Å²) < 4.78 is 19.3. The molecule has 1 aliphatic heterocycles. The molecule has 7 heteroatoms. The number of aromatic nitrogens is 1. The van der Waals surface area contributed by atoms with Crippen LogP contribution in [0.4, 0.5) is 10.1 Å². The molecule has 31 heavy (non-hydrogen) atoms. The Labute approximate surface area is 181 Å². The van der Waals surface area contributed by atoms with Crippen molar-refractivity contribution in [3.8, 4) is 11.6 Å². The Morgan fingerprint density at radius 1 is 1.16 bits per heavy atom. The fraction of sp³-hybridized carbons (Fsp3) is 0.250. The minimum Gasteiger partial charge on any atom is -0.439 e. The smallest absolute Gasteiger partial charge is 0.224 e. The standard InChI is InChI=1S/C24H26FN5O/c1-26-24(29-20-12-14-30(17-20)21-9-3-2-4-10-21)28-16-18-7-6-13-27-23(18)31-22-11-5-8-19(25)15-22/h2-11,13,15,20H,12,14,16-17H2,1H3,(H2,26,28,29). The highest BCUT2D eigenvalue weighted by molar-refractivity contribution is 5.80. The van der Waals surface area contributed by atoms with Crippen LogP contribution in [0.25, 0.3) is 0 Å². The summed E-state index contributed by atoms with van der Waals surface area (Å²) in [5.41, 5.74) is 2.09. The van der Waals surface area contributed by atoms with Gasteiger partial charge in [-0.05, 0) is 36.8 Å². The van der Waals surface area contributed by atoms with Crippen LogP contribution in [0.1, 0.15) is 12.0 Å². The normalized spacial score (nSPS) is 16.3. The predicted molar refractivity (Wildman–Crippen MR) is 121 cm³/mol. The molecule has 0 spiro atoms. The van der Waals surface area contributed by atoms with E-state index in [0.717, 1.165) is 31.0 Å². The van der Waals surface area contributed by atoms with E-state index in [2.05, 4.69) is 49.8 Å². The van der Waals surface area contributed by atoms with E-state index in [1.807, 2.05) is 18.2 Å². The third kappa shape index (κ3) is 5.51. The highest BCUT2D eigenvalue weighted by Crippen LogP contribution is 2.23. The number of benzene rings is 2. The summed E-state index contributed by atoms with van der Waals surface area (Å²) in [6.07, 6.45) is 2.69. The molecule has 2 aromatic carbocycles. The zero-order valence-electron chi connectivity index (χ0n) is 17.5. The van der Waals surface area contributed by atoms with E-state index < -0.39 is 0 Å². The molecule has 2 heterocycles. The number of pyridine rings is 1. The van der Waals surface area contributed by atoms with Crippen LogP contribution in [-0.2, 0) is 6.54 Å². The molecule has 4 rings (SSSR count). The molecule has 1 atom stereocenters. The van der Waals surface area contributed by atoms with Crippen molar-refractivity contribution in [3.63, 3.8) is 0 Å². The first kappa shape index (κ1) is 20.7. The maximum Gasteiger partial charge on any atom is 0.224 e. The van der Waals surface area contributed by atoms with Crippen LogP contribution in [0.3, 0.4) is 0 Å². The Morgan fingerprint density at radius 2 is 2.03 bits per heavy atom. The molecule has 6 nitrogen and oxygen atoms in total. The largest absolute Gasteiger partial charge is 0.439 e. The number of rotatable bonds is 6. The van der Waals surface area contributed by atoms with Gasteiger partial charge in [-0.15, -0.1) is 0 Å². The molecule has 0 aliphatic carbocycles. The summed E-state index contributed by atoms with van der Waals surface area (Å²) in [4.78, 5) is 11.0. The summed E-state index contributed by atoms with van der Waals surface area (Å²) in [6, 6.07) is 20.5. The van der Waals surface area contributed by atoms with Crippen LogP contribution >= 0.6 is 0 Å². The number of nitrogens with zero attached hydrogens (tertiary/aromatic N) is 3. The van der Waals surface area contributed by atoms with Gasteiger partial charge in [-0.25, -0.2) is 9.37 Å². The summed E-state index contributed by atoms with van der Waals surface area (Å²) in [7, 11) is 1.76. The van der Waals surface area contributed by atoms with Gasteiger partial charge in [-0.1, -0.05) is 30.3 Å². The second-order valence-corrected chi connectivity index (χ2v) is 7.36. The highest BCUT2D eigenvalue weighted by atomic mass is 19.1. The maximum absolute atomic E-state index is 13.5. The fourth-order valence-corrected chi connectivity index (χ4v) is 3.61. The molecule has 1 saturated heterocycles. The quantitative estimate of drug-likeness (QED) is 0.468. The van der Waals surface area contributed by atoms with Gasteiger partial charge in [0.05, 0.1) is 0 Å². The number of hydrogen-bond acceptors (Lipinski definition) is 4. The van der Waals surface area contributed by atoms with Gasteiger partial charge in [-0.2, -0.15) is 0 Å². The van der Waals surface area contributed by atoms with Crippen molar-refractivity contribution in [3.05, 3.63) is 84.3 Å². The number of nitrogens with one attached hydrogen (secondary N) is 2. The molecule has 1 aromatic heterocycles. The zero-order chi connectivity index (χ0) is 21.5. The van der Waals surface area contributed by atoms with Gasteiger partial charge >= 0.3 is 0 Å². The lowest BCUT2D eigenvalue weighted by Crippen LogP contribution is -2.44. The number of hydrogen-bond donors (Lipinski definition) is 2.